The summed E-state index contributed by atoms with van der Waals surface area (Å²) in [6, 6.07) is 20.7. The van der Waals surface area contributed by atoms with Crippen molar-refractivity contribution in [1.82, 2.24) is 24.5 Å². The molecule has 9 heteroatoms. The average Bonchev–Trinajstić information content (AvgIpc) is 3.70. The van der Waals surface area contributed by atoms with Crippen LogP contribution in [0.5, 0.6) is 0 Å². The molecule has 0 aliphatic rings. The molecular weight excluding hydrogens is 500 g/mol. The van der Waals surface area contributed by atoms with Crippen LogP contribution in [0.1, 0.15) is 17.6 Å². The Morgan fingerprint density at radius 2 is 1.87 bits per heavy atom. The zero-order valence-electron chi connectivity index (χ0n) is 20.5. The van der Waals surface area contributed by atoms with Gasteiger partial charge in [-0.2, -0.15) is 0 Å². The standard InChI is InChI=1S/C29H23ClN6O2/c1-35-25(19-8-10-20(11-9-19)28-32-13-14-33-28)17-34-29(35)24(16-22-6-2-3-12-31-22)36(18-37)26-15-21-5-4-7-23(30)27(21)38-26/h2-15,17-18,24H,16H2,1H3,(H,32,33). The smallest absolute Gasteiger partial charge is 0.217 e. The quantitative estimate of drug-likeness (QED) is 0.240. The number of nitrogens with one attached hydrogen (secondary N) is 1. The van der Waals surface area contributed by atoms with Crippen LogP contribution in [0.4, 0.5) is 5.88 Å². The second-order valence-electron chi connectivity index (χ2n) is 8.87. The number of nitrogens with zero attached hydrogens (tertiary/aromatic N) is 5. The van der Waals surface area contributed by atoms with Gasteiger partial charge in [0, 0.05) is 54.8 Å². The van der Waals surface area contributed by atoms with E-state index in [-0.39, 0.29) is 0 Å². The summed E-state index contributed by atoms with van der Waals surface area (Å²) in [5.41, 5.74) is 4.25. The minimum Gasteiger partial charge on any atom is -0.439 e. The Morgan fingerprint density at radius 3 is 2.58 bits per heavy atom. The molecule has 6 rings (SSSR count). The van der Waals surface area contributed by atoms with Gasteiger partial charge in [-0.1, -0.05) is 54.1 Å². The second-order valence-corrected chi connectivity index (χ2v) is 9.28. The maximum atomic E-state index is 12.6. The molecule has 0 bridgehead atoms. The molecule has 0 spiro atoms. The van der Waals surface area contributed by atoms with Gasteiger partial charge in [0.05, 0.1) is 16.9 Å². The molecule has 8 nitrogen and oxygen atoms in total. The van der Waals surface area contributed by atoms with Crippen LogP contribution in [0, 0.1) is 0 Å². The van der Waals surface area contributed by atoms with Crippen molar-refractivity contribution in [3.05, 3.63) is 108 Å². The van der Waals surface area contributed by atoms with Crippen LogP contribution >= 0.6 is 11.6 Å². The highest BCUT2D eigenvalue weighted by molar-refractivity contribution is 6.34. The van der Waals surface area contributed by atoms with Crippen LogP contribution in [0.15, 0.2) is 95.9 Å². The molecule has 0 saturated carbocycles. The Morgan fingerprint density at radius 1 is 1.03 bits per heavy atom. The summed E-state index contributed by atoms with van der Waals surface area (Å²) in [4.78, 5) is 30.8. The van der Waals surface area contributed by atoms with Crippen molar-refractivity contribution < 1.29 is 9.21 Å². The average molecular weight is 523 g/mol. The lowest BCUT2D eigenvalue weighted by Gasteiger charge is -2.26. The van der Waals surface area contributed by atoms with Crippen LogP contribution in [0.2, 0.25) is 5.02 Å². The largest absolute Gasteiger partial charge is 0.439 e. The lowest BCUT2D eigenvalue weighted by atomic mass is 10.1. The Kier molecular flexibility index (Phi) is 6.23. The number of aromatic amines is 1. The maximum absolute atomic E-state index is 12.6. The molecule has 38 heavy (non-hydrogen) atoms. The molecule has 1 amide bonds. The maximum Gasteiger partial charge on any atom is 0.217 e. The van der Waals surface area contributed by atoms with E-state index < -0.39 is 6.04 Å². The first-order valence-corrected chi connectivity index (χ1v) is 12.4. The summed E-state index contributed by atoms with van der Waals surface area (Å²) in [7, 11) is 1.95. The van der Waals surface area contributed by atoms with Gasteiger partial charge in [-0.05, 0) is 23.8 Å². The number of pyridine rings is 1. The van der Waals surface area contributed by atoms with Gasteiger partial charge < -0.3 is 14.0 Å². The number of imidazole rings is 2. The van der Waals surface area contributed by atoms with E-state index in [0.29, 0.717) is 28.7 Å². The van der Waals surface area contributed by atoms with E-state index >= 15 is 0 Å². The third kappa shape index (κ3) is 4.35. The van der Waals surface area contributed by atoms with Crippen LogP contribution in [-0.4, -0.2) is 30.9 Å². The number of anilines is 1. The first-order chi connectivity index (χ1) is 18.6. The normalized spacial score (nSPS) is 12.1. The second kappa shape index (κ2) is 9.99. The van der Waals surface area contributed by atoms with Crippen molar-refractivity contribution >= 4 is 34.9 Å². The van der Waals surface area contributed by atoms with Crippen molar-refractivity contribution in [1.29, 1.82) is 0 Å². The zero-order valence-corrected chi connectivity index (χ0v) is 21.2. The lowest BCUT2D eigenvalue weighted by molar-refractivity contribution is -0.108. The Bertz CT molecular complexity index is 1690. The number of rotatable bonds is 8. The number of halogens is 1. The van der Waals surface area contributed by atoms with Gasteiger partial charge in [-0.3, -0.25) is 14.7 Å². The fraction of sp³-hybridized carbons (Fsp3) is 0.103. The summed E-state index contributed by atoms with van der Waals surface area (Å²) >= 11 is 6.35. The van der Waals surface area contributed by atoms with Crippen molar-refractivity contribution in [2.24, 2.45) is 7.05 Å². The predicted octanol–water partition coefficient (Wildman–Crippen LogP) is 6.22. The number of para-hydroxylation sites is 1. The van der Waals surface area contributed by atoms with E-state index in [1.54, 1.807) is 29.6 Å². The predicted molar refractivity (Wildman–Crippen MR) is 147 cm³/mol. The van der Waals surface area contributed by atoms with Gasteiger partial charge in [0.15, 0.2) is 5.58 Å². The Balaban J connectivity index is 1.40. The van der Waals surface area contributed by atoms with Crippen LogP contribution in [0.25, 0.3) is 33.6 Å². The number of fused-ring (bicyclic) bond motifs is 1. The lowest BCUT2D eigenvalue weighted by Crippen LogP contribution is -2.31. The first-order valence-electron chi connectivity index (χ1n) is 12.1. The summed E-state index contributed by atoms with van der Waals surface area (Å²) in [6.07, 6.45) is 8.29. The number of carbonyl (C=O) groups is 1. The fourth-order valence-electron chi connectivity index (χ4n) is 4.67. The van der Waals surface area contributed by atoms with Gasteiger partial charge in [0.2, 0.25) is 12.3 Å². The van der Waals surface area contributed by atoms with E-state index in [4.69, 9.17) is 21.0 Å². The highest BCUT2D eigenvalue weighted by Gasteiger charge is 2.29. The van der Waals surface area contributed by atoms with Gasteiger partial charge in [-0.25, -0.2) is 9.97 Å². The van der Waals surface area contributed by atoms with Gasteiger partial charge in [0.1, 0.15) is 17.7 Å². The number of hydrogen-bond donors (Lipinski definition) is 1. The summed E-state index contributed by atoms with van der Waals surface area (Å²) in [6.45, 7) is 0. The minimum absolute atomic E-state index is 0.386. The number of hydrogen-bond acceptors (Lipinski definition) is 5. The SMILES string of the molecule is Cn1c(-c2ccc(-c3ncc[nH]3)cc2)cnc1C(Cc1ccccn1)N(C=O)c1cc2cccc(Cl)c2o1. The van der Waals surface area contributed by atoms with E-state index in [1.165, 1.54) is 0 Å². The number of amides is 1. The zero-order chi connectivity index (χ0) is 26.1. The van der Waals surface area contributed by atoms with E-state index in [2.05, 4.69) is 15.0 Å². The summed E-state index contributed by atoms with van der Waals surface area (Å²) in [5.74, 6) is 1.89. The van der Waals surface area contributed by atoms with Crippen LogP contribution in [0.3, 0.4) is 0 Å². The van der Waals surface area contributed by atoms with Crippen molar-refractivity contribution in [3.63, 3.8) is 0 Å². The Hall–Kier alpha value is -4.69. The topological polar surface area (TPSA) is 92.8 Å². The molecule has 0 aliphatic heterocycles. The highest BCUT2D eigenvalue weighted by atomic mass is 35.5. The number of aromatic nitrogens is 5. The molecule has 0 aliphatic carbocycles. The number of H-pyrrole nitrogens is 1. The van der Waals surface area contributed by atoms with Crippen molar-refractivity contribution in [3.8, 4) is 22.6 Å². The number of furan rings is 1. The number of carbonyl (C=O) groups excluding carboxylic acids is 1. The highest BCUT2D eigenvalue weighted by Crippen LogP contribution is 2.36. The fourth-order valence-corrected chi connectivity index (χ4v) is 4.90. The van der Waals surface area contributed by atoms with Crippen LogP contribution < -0.4 is 4.90 Å². The van der Waals surface area contributed by atoms with Crippen molar-refractivity contribution in [2.75, 3.05) is 4.90 Å². The molecule has 1 atom stereocenters. The van der Waals surface area contributed by atoms with Gasteiger partial charge in [0.25, 0.3) is 0 Å². The molecule has 0 fully saturated rings. The first kappa shape index (κ1) is 23.7. The molecule has 1 unspecified atom stereocenters. The minimum atomic E-state index is -0.483. The monoisotopic (exact) mass is 522 g/mol. The Labute approximate surface area is 223 Å². The third-order valence-corrected chi connectivity index (χ3v) is 6.89. The van der Waals surface area contributed by atoms with Gasteiger partial charge in [-0.15, -0.1) is 0 Å². The summed E-state index contributed by atoms with van der Waals surface area (Å²) in [5, 5.41) is 1.30. The van der Waals surface area contributed by atoms with E-state index in [9.17, 15) is 4.79 Å². The molecule has 0 saturated heterocycles. The van der Waals surface area contributed by atoms with E-state index in [0.717, 1.165) is 40.1 Å². The number of benzene rings is 2. The molecule has 4 heterocycles. The van der Waals surface area contributed by atoms with E-state index in [1.807, 2.05) is 78.5 Å². The van der Waals surface area contributed by atoms with Crippen LogP contribution in [-0.2, 0) is 18.3 Å². The van der Waals surface area contributed by atoms with Gasteiger partial charge >= 0.3 is 0 Å². The molecule has 2 aromatic carbocycles. The molecule has 4 aromatic heterocycles. The molecule has 1 N–H and O–H groups in total. The molecule has 6 aromatic rings. The molecular formula is C29H23ClN6O2. The third-order valence-electron chi connectivity index (χ3n) is 6.59. The molecule has 0 radical (unpaired) electrons. The van der Waals surface area contributed by atoms with Crippen molar-refractivity contribution in [2.45, 2.75) is 12.5 Å². The summed E-state index contributed by atoms with van der Waals surface area (Å²) < 4.78 is 8.07. The molecule has 188 valence electrons.